The van der Waals surface area contributed by atoms with Crippen LogP contribution in [0.4, 0.5) is 10.8 Å². The fraction of sp³-hybridized carbons (Fsp3) is 0.172. The molecule has 2 aromatic carbocycles. The average molecular weight is 561 g/mol. The summed E-state index contributed by atoms with van der Waals surface area (Å²) in [6.45, 7) is 5.59. The highest BCUT2D eigenvalue weighted by Gasteiger charge is 2.16. The second kappa shape index (κ2) is 13.4. The summed E-state index contributed by atoms with van der Waals surface area (Å²) in [6.07, 6.45) is -0.131. The van der Waals surface area contributed by atoms with Crippen LogP contribution in [0, 0.1) is 0 Å². The van der Waals surface area contributed by atoms with Crippen molar-refractivity contribution in [3.63, 3.8) is 0 Å². The smallest absolute Gasteiger partial charge is 0.257 e. The Kier molecular flexibility index (Phi) is 9.44. The van der Waals surface area contributed by atoms with E-state index in [0.29, 0.717) is 34.4 Å². The fourth-order valence-electron chi connectivity index (χ4n) is 3.54. The van der Waals surface area contributed by atoms with Crippen LogP contribution in [0.5, 0.6) is 17.5 Å². The van der Waals surface area contributed by atoms with E-state index in [0.717, 1.165) is 0 Å². The van der Waals surface area contributed by atoms with Crippen LogP contribution < -0.4 is 20.1 Å². The standard InChI is InChI=1S/C29H28N4O6S/c1-18(34)13-23-17-40-29(31-23)33-28(36)21-14-25(38-19(2)16-37-3)32-26(15-21)39-24-11-9-22(10-12-24)30-27(35)20-7-5-4-6-8-20/h4-12,14-15,17,19,34H,1,13,16H2,2-3H3,(H,30,35)(H,31,33,36)/t19-/m1/s1. The molecule has 0 saturated heterocycles. The van der Waals surface area contributed by atoms with Gasteiger partial charge in [0, 0.05) is 42.3 Å². The van der Waals surface area contributed by atoms with Crippen LogP contribution in [-0.4, -0.2) is 46.7 Å². The third kappa shape index (κ3) is 8.13. The molecule has 0 aliphatic heterocycles. The number of ether oxygens (including phenoxy) is 3. The van der Waals surface area contributed by atoms with Crippen molar-refractivity contribution in [3.05, 3.63) is 101 Å². The molecular formula is C29H28N4O6S. The lowest BCUT2D eigenvalue weighted by atomic mass is 10.2. The molecule has 2 heterocycles. The van der Waals surface area contributed by atoms with E-state index in [9.17, 15) is 14.7 Å². The predicted octanol–water partition coefficient (Wildman–Crippen LogP) is 5.86. The van der Waals surface area contributed by atoms with E-state index in [1.807, 2.05) is 13.0 Å². The summed E-state index contributed by atoms with van der Waals surface area (Å²) in [5.74, 6) is 0.0553. The van der Waals surface area contributed by atoms with Gasteiger partial charge in [-0.25, -0.2) is 4.98 Å². The van der Waals surface area contributed by atoms with Crippen LogP contribution in [0.2, 0.25) is 0 Å². The molecule has 1 atom stereocenters. The predicted molar refractivity (Wildman–Crippen MR) is 153 cm³/mol. The first-order chi connectivity index (χ1) is 19.3. The summed E-state index contributed by atoms with van der Waals surface area (Å²) in [5, 5.41) is 17.1. The van der Waals surface area contributed by atoms with Crippen molar-refractivity contribution in [2.75, 3.05) is 24.4 Å². The molecule has 0 aliphatic rings. The Morgan fingerprint density at radius 3 is 2.38 bits per heavy atom. The van der Waals surface area contributed by atoms with Gasteiger partial charge in [-0.3, -0.25) is 14.9 Å². The minimum Gasteiger partial charge on any atom is -0.513 e. The lowest BCUT2D eigenvalue weighted by Crippen LogP contribution is -2.19. The van der Waals surface area contributed by atoms with Gasteiger partial charge in [0.05, 0.1) is 23.6 Å². The number of carbonyl (C=O) groups excluding carboxylic acids is 2. The number of hydrogen-bond donors (Lipinski definition) is 3. The first-order valence-electron chi connectivity index (χ1n) is 12.2. The molecule has 0 aliphatic carbocycles. The molecule has 40 heavy (non-hydrogen) atoms. The number of aromatic nitrogens is 2. The van der Waals surface area contributed by atoms with E-state index < -0.39 is 5.91 Å². The molecule has 0 radical (unpaired) electrons. The fourth-order valence-corrected chi connectivity index (χ4v) is 4.25. The second-order valence-corrected chi connectivity index (χ2v) is 9.56. The zero-order valence-corrected chi connectivity index (χ0v) is 22.7. The monoisotopic (exact) mass is 560 g/mol. The lowest BCUT2D eigenvalue weighted by molar-refractivity contribution is 0.0882. The minimum atomic E-state index is -0.445. The van der Waals surface area contributed by atoms with E-state index >= 15 is 0 Å². The maximum absolute atomic E-state index is 13.1. The van der Waals surface area contributed by atoms with Crippen LogP contribution in [0.1, 0.15) is 33.3 Å². The highest BCUT2D eigenvalue weighted by molar-refractivity contribution is 7.14. The van der Waals surface area contributed by atoms with Crippen molar-refractivity contribution in [1.82, 2.24) is 9.97 Å². The number of benzene rings is 2. The number of nitrogens with one attached hydrogen (secondary N) is 2. The molecule has 11 heteroatoms. The highest BCUT2D eigenvalue weighted by atomic mass is 32.1. The summed E-state index contributed by atoms with van der Waals surface area (Å²) >= 11 is 1.23. The van der Waals surface area contributed by atoms with Crippen LogP contribution in [0.15, 0.2) is 84.4 Å². The largest absolute Gasteiger partial charge is 0.513 e. The topological polar surface area (TPSA) is 132 Å². The SMILES string of the molecule is C=C(O)Cc1csc(NC(=O)c2cc(Oc3ccc(NC(=O)c4ccccc4)cc3)nc(O[C@H](C)COC)c2)n1. The molecule has 4 aromatic rings. The second-order valence-electron chi connectivity index (χ2n) is 8.70. The molecule has 4 rings (SSSR count). The van der Waals surface area contributed by atoms with Crippen molar-refractivity contribution < 1.29 is 28.9 Å². The Morgan fingerprint density at radius 2 is 1.68 bits per heavy atom. The Balaban J connectivity index is 1.50. The van der Waals surface area contributed by atoms with Gasteiger partial charge in [-0.15, -0.1) is 11.3 Å². The van der Waals surface area contributed by atoms with Crippen molar-refractivity contribution in [2.45, 2.75) is 19.4 Å². The number of anilines is 2. The van der Waals surface area contributed by atoms with Gasteiger partial charge in [0.25, 0.3) is 11.8 Å². The van der Waals surface area contributed by atoms with Gasteiger partial charge in [0.2, 0.25) is 11.8 Å². The molecule has 0 fully saturated rings. The van der Waals surface area contributed by atoms with E-state index in [2.05, 4.69) is 27.2 Å². The molecule has 0 saturated carbocycles. The maximum Gasteiger partial charge on any atom is 0.257 e. The molecule has 10 nitrogen and oxygen atoms in total. The summed E-state index contributed by atoms with van der Waals surface area (Å²) in [4.78, 5) is 34.2. The number of thiazole rings is 1. The number of hydrogen-bond acceptors (Lipinski definition) is 9. The van der Waals surface area contributed by atoms with Gasteiger partial charge < -0.3 is 24.6 Å². The number of rotatable bonds is 12. The number of allylic oxidation sites excluding steroid dienone is 1. The van der Waals surface area contributed by atoms with E-state index in [1.54, 1.807) is 61.0 Å². The van der Waals surface area contributed by atoms with Gasteiger partial charge in [-0.1, -0.05) is 24.8 Å². The third-order valence-electron chi connectivity index (χ3n) is 5.29. The summed E-state index contributed by atoms with van der Waals surface area (Å²) in [6, 6.07) is 18.6. The summed E-state index contributed by atoms with van der Waals surface area (Å²) < 4.78 is 16.9. The number of amides is 2. The van der Waals surface area contributed by atoms with E-state index in [1.165, 1.54) is 23.5 Å². The number of aliphatic hydroxyl groups is 1. The lowest BCUT2D eigenvalue weighted by Gasteiger charge is -2.15. The normalized spacial score (nSPS) is 11.3. The Hall–Kier alpha value is -4.74. The zero-order valence-electron chi connectivity index (χ0n) is 21.9. The Morgan fingerprint density at radius 1 is 0.975 bits per heavy atom. The van der Waals surface area contributed by atoms with E-state index in [-0.39, 0.29) is 41.5 Å². The molecule has 2 aromatic heterocycles. The third-order valence-corrected chi connectivity index (χ3v) is 6.10. The average Bonchev–Trinajstić information content (AvgIpc) is 3.36. The number of carbonyl (C=O) groups is 2. The summed E-state index contributed by atoms with van der Waals surface area (Å²) in [7, 11) is 1.56. The van der Waals surface area contributed by atoms with Gasteiger partial charge in [0.15, 0.2) is 5.13 Å². The van der Waals surface area contributed by atoms with Crippen molar-refractivity contribution in [3.8, 4) is 17.5 Å². The first kappa shape index (κ1) is 28.3. The first-order valence-corrected chi connectivity index (χ1v) is 13.1. The van der Waals surface area contributed by atoms with E-state index in [4.69, 9.17) is 14.2 Å². The number of aliphatic hydroxyl groups excluding tert-OH is 1. The molecule has 0 bridgehead atoms. The maximum atomic E-state index is 13.1. The minimum absolute atomic E-state index is 0.0160. The van der Waals surface area contributed by atoms with Crippen LogP contribution in [-0.2, 0) is 11.2 Å². The van der Waals surface area contributed by atoms with Crippen molar-refractivity contribution in [2.24, 2.45) is 0 Å². The van der Waals surface area contributed by atoms with Crippen LogP contribution in [0.25, 0.3) is 0 Å². The Labute approximate surface area is 235 Å². The quantitative estimate of drug-likeness (QED) is 0.184. The molecule has 206 valence electrons. The molecule has 2 amide bonds. The van der Waals surface area contributed by atoms with Gasteiger partial charge in [-0.05, 0) is 43.3 Å². The molecule has 0 unspecified atom stereocenters. The van der Waals surface area contributed by atoms with Crippen molar-refractivity contribution >= 4 is 34.0 Å². The van der Waals surface area contributed by atoms with Gasteiger partial charge in [-0.2, -0.15) is 4.98 Å². The number of methoxy groups -OCH3 is 1. The van der Waals surface area contributed by atoms with Crippen LogP contribution in [0.3, 0.4) is 0 Å². The number of nitrogens with zero attached hydrogens (tertiary/aromatic N) is 2. The van der Waals surface area contributed by atoms with Gasteiger partial charge >= 0.3 is 0 Å². The molecular weight excluding hydrogens is 532 g/mol. The Bertz CT molecular complexity index is 1470. The highest BCUT2D eigenvalue weighted by Crippen LogP contribution is 2.27. The van der Waals surface area contributed by atoms with Crippen molar-refractivity contribution in [1.29, 1.82) is 0 Å². The molecule has 0 spiro atoms. The number of pyridine rings is 1. The van der Waals surface area contributed by atoms with Crippen LogP contribution >= 0.6 is 11.3 Å². The van der Waals surface area contributed by atoms with Gasteiger partial charge in [0.1, 0.15) is 11.9 Å². The molecule has 3 N–H and O–H groups in total. The summed E-state index contributed by atoms with van der Waals surface area (Å²) in [5.41, 5.74) is 1.96. The zero-order chi connectivity index (χ0) is 28.5.